The van der Waals surface area contributed by atoms with E-state index in [0.717, 1.165) is 112 Å². The van der Waals surface area contributed by atoms with Crippen molar-refractivity contribution >= 4 is 306 Å². The largest absolute Gasteiger partial charge is 2.00 e. The Balaban J connectivity index is 0.000000140. The zero-order valence-electron chi connectivity index (χ0n) is 74.9. The number of aromatic carboxylic acids is 1. The fourth-order valence-corrected chi connectivity index (χ4v) is 21.1. The van der Waals surface area contributed by atoms with E-state index in [9.17, 15) is 33.9 Å². The molecular weight excluding hydrogens is 2540 g/mol. The van der Waals surface area contributed by atoms with Gasteiger partial charge in [0.1, 0.15) is 11.5 Å². The van der Waals surface area contributed by atoms with Crippen LogP contribution in [0.4, 0.5) is 0 Å². The Hall–Kier alpha value is -7.91. The van der Waals surface area contributed by atoms with Crippen LogP contribution in [0.1, 0.15) is 146 Å². The molecule has 0 fully saturated rings. The molecule has 6 aliphatic rings. The molecule has 0 bridgehead atoms. The van der Waals surface area contributed by atoms with Crippen LogP contribution in [0.15, 0.2) is 330 Å². The number of aryl methyl sites for hydroxylation is 8. The van der Waals surface area contributed by atoms with Crippen LogP contribution < -0.4 is 21.7 Å². The zero-order chi connectivity index (χ0) is 101. The second-order valence-corrected chi connectivity index (χ2v) is 43.0. The molecular formula is C114H71Br7Cl12MgO10. The number of cyclic esters (lactones) is 3. The summed E-state index contributed by atoms with van der Waals surface area (Å²) in [4.78, 5) is 67.5. The minimum absolute atomic E-state index is 0. The molecule has 0 radical (unpaired) electrons. The van der Waals surface area contributed by atoms with Gasteiger partial charge in [0.2, 0.25) is 0 Å². The standard InChI is InChI=1S/C27H17BrCl2.C15H7BrCl2O2.C15H11BrCl2O2.C15H9BrCl2O.C15H11BrCl2.C12H9.C8H2Cl2O3.C7H5BrO2.BrH.Mg/c28-18-12-11-16-9-10-17-13-25(29)26(30)15-24(17)27(23(16)14-18)21-7-3-1-5-19(21)20-6-2-4-8-22(20)27;16-9-3-1-8(2-4-9)5-14-10-6-12(17)13(18)7-11(10)15(19)20-14;16-11-5-2-9(3-6-11)1-4-10-7-13(17)14(18)8-12(10)15(19)20;16-10-4-3-8-1-2-9-5-13(17)14(18)7-12(9)15(19)11(8)6-10;16-13-4-3-9-1-2-10-7-14(17)15(18)8-12(10)5-11(9)6-13;1-3-7-11(8-4-1)12-9-5-2-6-10-12;9-5-1-3-4(2-6(5)10)8(12)13-7(3)11;8-6-1-3-7(4-2-6)10-5-9;;/h1-8,11-15H,9-10H2;1-7H;2-3,5-8H,1,4H2,(H,19,20);3-7H,1-2H2;3-4,6-8H,1-2,5H2;1-9H;1-2H;1-5H;1H;/q;;;;;-1;;;;+2/p-1/b;14-5-;;;;;;;;. The van der Waals surface area contributed by atoms with Crippen molar-refractivity contribution in [1.82, 2.24) is 0 Å². The second kappa shape index (κ2) is 52.0. The van der Waals surface area contributed by atoms with Crippen LogP contribution >= 0.6 is 235 Å². The summed E-state index contributed by atoms with van der Waals surface area (Å²) >= 11 is 93.1. The van der Waals surface area contributed by atoms with Crippen molar-refractivity contribution in [1.29, 1.82) is 0 Å². The molecule has 0 amide bonds. The molecule has 0 saturated heterocycles. The summed E-state index contributed by atoms with van der Waals surface area (Å²) in [6.07, 6.45) is 9.69. The molecule has 16 aromatic rings. The zero-order valence-corrected chi connectivity index (χ0v) is 96.5. The molecule has 10 nitrogen and oxygen atoms in total. The average Bonchev–Trinajstić information content (AvgIpc) is 1.52. The molecule has 1 N–H and O–H groups in total. The van der Waals surface area contributed by atoms with E-state index in [1.807, 2.05) is 115 Å². The minimum atomic E-state index is -0.991. The number of carbonyl (C=O) groups excluding carboxylic acids is 5. The topological polar surface area (TPSA) is 150 Å². The quantitative estimate of drug-likeness (QED) is 0.0512. The van der Waals surface area contributed by atoms with Crippen LogP contribution in [0.3, 0.4) is 0 Å². The first-order valence-electron chi connectivity index (χ1n) is 43.5. The SMILES string of the molecule is Clc1cc2c(cc1Cl)C1(c3cc(Br)ccc3CC2)c2ccccc2-c2ccccc21.Clc1cc2c(cc1Cl)Cc1cc(Br)ccc1CC2.O=C(O)c1cc(Cl)c(Cl)cc1CCc1ccc(Br)cc1.O=C1O/C(=C\c2ccc(Br)cc2)c2cc(Cl)c(Cl)cc21.O=C1OC(=O)c2cc(Cl)c(Cl)cc21.O=C1c2cc(Br)ccc2CCc2cc(Cl)c(Cl)cc21.O=COc1ccc(Br)cc1.[Br-].[Mg+2].[c-]1ccccc1-c1ccccc1. The number of esters is 3. The molecule has 0 atom stereocenters. The van der Waals surface area contributed by atoms with Gasteiger partial charge in [0.15, 0.2) is 5.78 Å². The number of carboxylic acids is 1. The van der Waals surface area contributed by atoms with Crippen molar-refractivity contribution in [2.45, 2.75) is 63.2 Å². The number of ether oxygens (including phenoxy) is 3. The van der Waals surface area contributed by atoms with Gasteiger partial charge in [-0.25, -0.2) is 19.2 Å². The van der Waals surface area contributed by atoms with E-state index in [4.69, 9.17) is 144 Å². The third kappa shape index (κ3) is 27.5. The van der Waals surface area contributed by atoms with Crippen molar-refractivity contribution in [3.05, 3.63) is 519 Å². The molecule has 22 rings (SSSR count). The summed E-state index contributed by atoms with van der Waals surface area (Å²) in [5, 5.41) is 14.5. The van der Waals surface area contributed by atoms with Crippen molar-refractivity contribution in [3.8, 4) is 28.0 Å². The molecule has 0 aromatic heterocycles. The van der Waals surface area contributed by atoms with Crippen LogP contribution in [-0.4, -0.2) is 64.3 Å². The molecule has 722 valence electrons. The maximum atomic E-state index is 12.6. The van der Waals surface area contributed by atoms with Gasteiger partial charge in [-0.3, -0.25) is 9.59 Å². The number of fused-ring (bicyclic) bond motifs is 15. The first kappa shape index (κ1) is 113. The van der Waals surface area contributed by atoms with Crippen molar-refractivity contribution in [3.63, 3.8) is 0 Å². The number of carbonyl (C=O) groups is 6. The fourth-order valence-electron chi connectivity index (χ4n) is 17.1. The molecule has 0 unspecified atom stereocenters. The Kier molecular flexibility index (Phi) is 40.9. The Morgan fingerprint density at radius 1 is 0.354 bits per heavy atom. The molecule has 16 aromatic carbocycles. The third-order valence-electron chi connectivity index (χ3n) is 23.8. The average molecular weight is 2610 g/mol. The first-order chi connectivity index (χ1) is 68.2. The van der Waals surface area contributed by atoms with Gasteiger partial charge < -0.3 is 36.3 Å². The van der Waals surface area contributed by atoms with E-state index in [1.165, 1.54) is 96.6 Å². The second-order valence-electron chi connectivity index (χ2n) is 32.7. The predicted molar refractivity (Wildman–Crippen MR) is 604 cm³/mol. The van der Waals surface area contributed by atoms with Crippen LogP contribution in [0.5, 0.6) is 5.75 Å². The number of ketones is 1. The monoisotopic (exact) mass is 2600 g/mol. The Morgan fingerprint density at radius 2 is 0.764 bits per heavy atom. The number of hydrogen-bond acceptors (Lipinski definition) is 9. The van der Waals surface area contributed by atoms with Gasteiger partial charge in [-0.15, -0.1) is 35.9 Å². The maximum Gasteiger partial charge on any atom is 2.00 e. The Labute approximate surface area is 969 Å². The fraction of sp³-hybridized carbons (Fsp3) is 0.0877. The smallest absolute Gasteiger partial charge is 1.00 e. The predicted octanol–water partition coefficient (Wildman–Crippen LogP) is 33.5. The summed E-state index contributed by atoms with van der Waals surface area (Å²) in [7, 11) is 0. The van der Waals surface area contributed by atoms with E-state index >= 15 is 0 Å². The molecule has 1 spiro atoms. The molecule has 144 heavy (non-hydrogen) atoms. The first-order valence-corrected chi connectivity index (χ1v) is 52.8. The Bertz CT molecular complexity index is 7500. The number of benzene rings is 16. The summed E-state index contributed by atoms with van der Waals surface area (Å²) in [5.74, 6) is -1.72. The van der Waals surface area contributed by atoms with Gasteiger partial charge in [-0.1, -0.05) is 362 Å². The van der Waals surface area contributed by atoms with E-state index in [1.54, 1.807) is 54.6 Å². The van der Waals surface area contributed by atoms with Gasteiger partial charge in [0.05, 0.1) is 87.9 Å². The summed E-state index contributed by atoms with van der Waals surface area (Å²) in [5.41, 5.74) is 25.6. The van der Waals surface area contributed by atoms with Gasteiger partial charge in [-0.05, 0) is 316 Å². The van der Waals surface area contributed by atoms with Gasteiger partial charge in [-0.2, -0.15) is 0 Å². The van der Waals surface area contributed by atoms with Gasteiger partial charge in [0.25, 0.3) is 6.47 Å². The number of hydrogen-bond donors (Lipinski definition) is 1. The van der Waals surface area contributed by atoms with E-state index < -0.39 is 29.3 Å². The van der Waals surface area contributed by atoms with Crippen molar-refractivity contribution in [2.24, 2.45) is 0 Å². The van der Waals surface area contributed by atoms with Crippen LogP contribution in [-0.2, 0) is 77.5 Å². The molecule has 2 aliphatic heterocycles. The Morgan fingerprint density at radius 3 is 1.35 bits per heavy atom. The van der Waals surface area contributed by atoms with Gasteiger partial charge >= 0.3 is 46.9 Å². The molecule has 30 heteroatoms. The number of halogens is 19. The number of carboxylic acid groups (broad SMARTS) is 1. The van der Waals surface area contributed by atoms with Crippen LogP contribution in [0, 0.1) is 6.07 Å². The van der Waals surface area contributed by atoms with Crippen molar-refractivity contribution in [2.75, 3.05) is 0 Å². The molecule has 4 aliphatic carbocycles. The van der Waals surface area contributed by atoms with E-state index in [2.05, 4.69) is 226 Å². The van der Waals surface area contributed by atoms with E-state index in [0.29, 0.717) is 91.9 Å². The van der Waals surface area contributed by atoms with Gasteiger partial charge in [0, 0.05) is 43.5 Å². The van der Waals surface area contributed by atoms with Crippen LogP contribution in [0.25, 0.3) is 34.1 Å². The normalized spacial score (nSPS) is 13.0. The minimum Gasteiger partial charge on any atom is -1.00 e. The molecule has 2 heterocycles. The van der Waals surface area contributed by atoms with E-state index in [-0.39, 0.29) is 77.6 Å². The third-order valence-corrected chi connectivity index (χ3v) is 31.2. The summed E-state index contributed by atoms with van der Waals surface area (Å²) < 4.78 is 20.3. The molecule has 0 saturated carbocycles. The maximum absolute atomic E-state index is 12.6. The summed E-state index contributed by atoms with van der Waals surface area (Å²) in [6.45, 7) is 0.406. The number of rotatable bonds is 8. The van der Waals surface area contributed by atoms with Crippen LogP contribution in [0.2, 0.25) is 60.3 Å². The summed E-state index contributed by atoms with van der Waals surface area (Å²) in [6, 6.07) is 101. The van der Waals surface area contributed by atoms with Crippen molar-refractivity contribution < 1.29 is 65.1 Å².